The topological polar surface area (TPSA) is 122 Å². The first-order valence-corrected chi connectivity index (χ1v) is 14.1. The number of thiophene rings is 1. The molecule has 1 N–H and O–H groups in total. The van der Waals surface area contributed by atoms with Gasteiger partial charge in [-0.3, -0.25) is 9.47 Å². The predicted molar refractivity (Wildman–Crippen MR) is 151 cm³/mol. The minimum atomic E-state index is -0.550. The molecule has 1 atom stereocenters. The zero-order valence-electron chi connectivity index (χ0n) is 23.2. The molecule has 1 aliphatic heterocycles. The van der Waals surface area contributed by atoms with Gasteiger partial charge in [-0.25, -0.2) is 24.7 Å². The van der Waals surface area contributed by atoms with E-state index < -0.39 is 11.7 Å². The zero-order valence-corrected chi connectivity index (χ0v) is 24.0. The molecule has 0 spiro atoms. The summed E-state index contributed by atoms with van der Waals surface area (Å²) < 4.78 is 7.19. The second kappa shape index (κ2) is 11.7. The summed E-state index contributed by atoms with van der Waals surface area (Å²) in [5, 5.41) is 12.3. The predicted octanol–water partition coefficient (Wildman–Crippen LogP) is 4.63. The average Bonchev–Trinajstić information content (AvgIpc) is 3.61. The molecule has 1 saturated heterocycles. The second-order valence-electron chi connectivity index (χ2n) is 11.0. The van der Waals surface area contributed by atoms with Crippen LogP contribution < -0.4 is 0 Å². The number of ether oxygens (including phenoxy) is 1. The Hall–Kier alpha value is -3.90. The SMILES string of the molecule is CN(Cc1cnc(-n2cnc(CN3CCCC(c4nc(O)cc(-c5cccs5)n4)C3)c2)nc1)C(=O)OC(C)(C)C. The van der Waals surface area contributed by atoms with Crippen LogP contribution in [0.2, 0.25) is 0 Å². The number of aromatic hydroxyl groups is 1. The summed E-state index contributed by atoms with van der Waals surface area (Å²) in [5.74, 6) is 1.33. The van der Waals surface area contributed by atoms with E-state index in [0.717, 1.165) is 47.8 Å². The van der Waals surface area contributed by atoms with Crippen LogP contribution in [0.3, 0.4) is 0 Å². The first-order valence-electron chi connectivity index (χ1n) is 13.3. The maximum absolute atomic E-state index is 12.2. The highest BCUT2D eigenvalue weighted by Crippen LogP contribution is 2.30. The molecule has 5 rings (SSSR count). The van der Waals surface area contributed by atoms with Gasteiger partial charge in [0.2, 0.25) is 11.8 Å². The number of amides is 1. The Bertz CT molecular complexity index is 1430. The van der Waals surface area contributed by atoms with Crippen LogP contribution in [0, 0.1) is 0 Å². The molecule has 210 valence electrons. The van der Waals surface area contributed by atoms with Gasteiger partial charge in [0.15, 0.2) is 0 Å². The van der Waals surface area contributed by atoms with Crippen molar-refractivity contribution in [2.45, 2.75) is 58.2 Å². The van der Waals surface area contributed by atoms with Gasteiger partial charge in [0.25, 0.3) is 0 Å². The van der Waals surface area contributed by atoms with E-state index in [4.69, 9.17) is 9.72 Å². The number of hydrogen-bond acceptors (Lipinski definition) is 10. The van der Waals surface area contributed by atoms with E-state index in [1.807, 2.05) is 44.5 Å². The Labute approximate surface area is 237 Å². The lowest BCUT2D eigenvalue weighted by molar-refractivity contribution is 0.0285. The smallest absolute Gasteiger partial charge is 0.410 e. The maximum Gasteiger partial charge on any atom is 0.410 e. The van der Waals surface area contributed by atoms with Crippen molar-refractivity contribution in [2.24, 2.45) is 0 Å². The van der Waals surface area contributed by atoms with Crippen LogP contribution in [0.15, 0.2) is 48.5 Å². The summed E-state index contributed by atoms with van der Waals surface area (Å²) in [6.07, 6.45) is 8.66. The van der Waals surface area contributed by atoms with Crippen LogP contribution >= 0.6 is 11.3 Å². The van der Waals surface area contributed by atoms with E-state index >= 15 is 0 Å². The van der Waals surface area contributed by atoms with Gasteiger partial charge < -0.3 is 14.7 Å². The quantitative estimate of drug-likeness (QED) is 0.343. The van der Waals surface area contributed by atoms with Gasteiger partial charge in [-0.05, 0) is 51.6 Å². The summed E-state index contributed by atoms with van der Waals surface area (Å²) in [4.78, 5) is 39.7. The van der Waals surface area contributed by atoms with Crippen LogP contribution in [-0.2, 0) is 17.8 Å². The molecular formula is C28H34N8O3S. The molecular weight excluding hydrogens is 528 g/mol. The van der Waals surface area contributed by atoms with Crippen LogP contribution in [0.25, 0.3) is 16.5 Å². The molecule has 0 aliphatic carbocycles. The fourth-order valence-corrected chi connectivity index (χ4v) is 5.31. The Morgan fingerprint density at radius 1 is 1.23 bits per heavy atom. The number of rotatable bonds is 7. The highest BCUT2D eigenvalue weighted by atomic mass is 32.1. The lowest BCUT2D eigenvalue weighted by Crippen LogP contribution is -2.34. The highest BCUT2D eigenvalue weighted by Gasteiger charge is 2.25. The van der Waals surface area contributed by atoms with E-state index in [1.165, 1.54) is 4.90 Å². The Balaban J connectivity index is 1.19. The molecule has 0 saturated carbocycles. The third kappa shape index (κ3) is 6.99. The van der Waals surface area contributed by atoms with Crippen molar-refractivity contribution >= 4 is 17.4 Å². The van der Waals surface area contributed by atoms with Gasteiger partial charge in [0, 0.05) is 56.3 Å². The van der Waals surface area contributed by atoms with E-state index in [9.17, 15) is 9.90 Å². The summed E-state index contributed by atoms with van der Waals surface area (Å²) in [6, 6.07) is 5.60. The zero-order chi connectivity index (χ0) is 28.3. The van der Waals surface area contributed by atoms with Crippen LogP contribution in [0.4, 0.5) is 4.79 Å². The molecule has 1 fully saturated rings. The molecule has 0 radical (unpaired) electrons. The number of likely N-dealkylation sites (tertiary alicyclic amines) is 1. The maximum atomic E-state index is 12.2. The molecule has 5 heterocycles. The summed E-state index contributed by atoms with van der Waals surface area (Å²) >= 11 is 1.60. The Morgan fingerprint density at radius 3 is 2.75 bits per heavy atom. The van der Waals surface area contributed by atoms with Crippen LogP contribution in [0.5, 0.6) is 5.88 Å². The van der Waals surface area contributed by atoms with Crippen molar-refractivity contribution in [2.75, 3.05) is 20.1 Å². The molecule has 4 aromatic heterocycles. The fraction of sp³-hybridized carbons (Fsp3) is 0.429. The number of piperidine rings is 1. The molecule has 0 aromatic carbocycles. The van der Waals surface area contributed by atoms with Gasteiger partial charge in [-0.1, -0.05) is 6.07 Å². The molecule has 1 unspecified atom stereocenters. The van der Waals surface area contributed by atoms with Crippen molar-refractivity contribution in [3.8, 4) is 22.4 Å². The lowest BCUT2D eigenvalue weighted by atomic mass is 9.97. The molecule has 40 heavy (non-hydrogen) atoms. The first kappa shape index (κ1) is 27.7. The number of carbonyl (C=O) groups is 1. The Kier molecular flexibility index (Phi) is 8.08. The van der Waals surface area contributed by atoms with Gasteiger partial charge in [0.05, 0.1) is 22.8 Å². The van der Waals surface area contributed by atoms with Crippen LogP contribution in [0.1, 0.15) is 56.6 Å². The van der Waals surface area contributed by atoms with Crippen molar-refractivity contribution in [3.63, 3.8) is 0 Å². The lowest BCUT2D eigenvalue weighted by Gasteiger charge is -2.31. The Morgan fingerprint density at radius 2 is 2.02 bits per heavy atom. The van der Waals surface area contributed by atoms with E-state index in [-0.39, 0.29) is 11.8 Å². The largest absolute Gasteiger partial charge is 0.493 e. The van der Waals surface area contributed by atoms with Gasteiger partial charge in [-0.15, -0.1) is 11.3 Å². The van der Waals surface area contributed by atoms with E-state index in [2.05, 4.69) is 24.8 Å². The van der Waals surface area contributed by atoms with Crippen molar-refractivity contribution in [1.29, 1.82) is 0 Å². The molecule has 11 nitrogen and oxygen atoms in total. The molecule has 1 aliphatic rings. The normalized spacial score (nSPS) is 16.1. The standard InChI is InChI=1S/C28H34N8O3S/c1-28(2,3)39-27(38)34(4)14-19-12-29-26(30-13-19)36-17-21(31-18-36)16-35-9-5-7-20(15-35)25-32-22(11-24(37)33-25)23-8-6-10-40-23/h6,8,10-13,17-18,20H,5,7,9,14-16H2,1-4H3,(H,32,33,37). The summed E-state index contributed by atoms with van der Waals surface area (Å²) in [7, 11) is 1.69. The number of carbonyl (C=O) groups excluding carboxylic acids is 1. The third-order valence-electron chi connectivity index (χ3n) is 6.44. The van der Waals surface area contributed by atoms with E-state index in [0.29, 0.717) is 24.9 Å². The van der Waals surface area contributed by atoms with Crippen molar-refractivity contribution in [3.05, 3.63) is 65.6 Å². The summed E-state index contributed by atoms with van der Waals surface area (Å²) in [5.41, 5.74) is 1.92. The first-order chi connectivity index (χ1) is 19.1. The number of imidazole rings is 1. The summed E-state index contributed by atoms with van der Waals surface area (Å²) in [6.45, 7) is 8.28. The van der Waals surface area contributed by atoms with Crippen molar-refractivity contribution in [1.82, 2.24) is 39.3 Å². The minimum Gasteiger partial charge on any atom is -0.493 e. The highest BCUT2D eigenvalue weighted by molar-refractivity contribution is 7.13. The van der Waals surface area contributed by atoms with Gasteiger partial charge in [-0.2, -0.15) is 4.98 Å². The monoisotopic (exact) mass is 562 g/mol. The minimum absolute atomic E-state index is 0.00627. The molecule has 0 bridgehead atoms. The molecule has 1 amide bonds. The van der Waals surface area contributed by atoms with Crippen LogP contribution in [-0.4, -0.2) is 76.2 Å². The van der Waals surface area contributed by atoms with Gasteiger partial charge in [0.1, 0.15) is 17.8 Å². The number of hydrogen-bond donors (Lipinski definition) is 1. The third-order valence-corrected chi connectivity index (χ3v) is 7.34. The number of aromatic nitrogens is 6. The average molecular weight is 563 g/mol. The second-order valence-corrected chi connectivity index (χ2v) is 12.0. The molecule has 4 aromatic rings. The van der Waals surface area contributed by atoms with Gasteiger partial charge >= 0.3 is 6.09 Å². The fourth-order valence-electron chi connectivity index (χ4n) is 4.62. The van der Waals surface area contributed by atoms with Crippen molar-refractivity contribution < 1.29 is 14.6 Å². The molecule has 12 heteroatoms. The van der Waals surface area contributed by atoms with E-state index in [1.54, 1.807) is 47.7 Å². The number of nitrogens with zero attached hydrogens (tertiary/aromatic N) is 8.